The fraction of sp³-hybridized carbons (Fsp3) is 0.133. The van der Waals surface area contributed by atoms with Gasteiger partial charge in [0, 0.05) is 5.57 Å². The van der Waals surface area contributed by atoms with Crippen LogP contribution in [0.4, 0.5) is 0 Å². The molecule has 2 aromatic rings. The quantitative estimate of drug-likeness (QED) is 0.588. The minimum atomic E-state index is 0.0212. The number of fused-ring (bicyclic) bond motifs is 1. The minimum Gasteiger partial charge on any atom is -0.295 e. The summed E-state index contributed by atoms with van der Waals surface area (Å²) in [5.74, 6) is 0.270. The number of carbonyl (C=O) groups is 1. The van der Waals surface area contributed by atoms with E-state index in [0.717, 1.165) is 10.9 Å². The van der Waals surface area contributed by atoms with Crippen LogP contribution in [0.2, 0.25) is 0 Å². The third-order valence-corrected chi connectivity index (χ3v) is 3.04. The third kappa shape index (κ3) is 2.56. The van der Waals surface area contributed by atoms with Crippen molar-refractivity contribution in [3.8, 4) is 0 Å². The Hall–Kier alpha value is -1.60. The molecule has 86 valence electrons. The predicted octanol–water partition coefficient (Wildman–Crippen LogP) is 4.05. The summed E-state index contributed by atoms with van der Waals surface area (Å²) in [7, 11) is 0. The topological polar surface area (TPSA) is 17.1 Å². The van der Waals surface area contributed by atoms with Gasteiger partial charge in [0.2, 0.25) is 0 Å². The molecule has 0 heterocycles. The van der Waals surface area contributed by atoms with Gasteiger partial charge >= 0.3 is 0 Å². The molecular weight excluding hydrogens is 232 g/mol. The minimum absolute atomic E-state index is 0.0212. The first-order chi connectivity index (χ1) is 8.22. The van der Waals surface area contributed by atoms with Crippen molar-refractivity contribution in [1.29, 1.82) is 0 Å². The molecule has 17 heavy (non-hydrogen) atoms. The maximum atomic E-state index is 11.4. The Morgan fingerprint density at radius 2 is 1.88 bits per heavy atom. The highest BCUT2D eigenvalue weighted by Crippen LogP contribution is 2.21. The molecule has 0 aliphatic carbocycles. The van der Waals surface area contributed by atoms with E-state index in [1.807, 2.05) is 36.4 Å². The predicted molar refractivity (Wildman–Crippen MR) is 73.3 cm³/mol. The largest absolute Gasteiger partial charge is 0.295 e. The van der Waals surface area contributed by atoms with Crippen molar-refractivity contribution >= 4 is 34.2 Å². The molecule has 0 bridgehead atoms. The number of Topliss-reactive ketones (excluding diaryl/α,β-unsaturated/α-hetero) is 1. The molecule has 0 spiro atoms. The number of carbonyl (C=O) groups excluding carboxylic acids is 1. The lowest BCUT2D eigenvalue weighted by Crippen LogP contribution is -1.97. The molecule has 0 saturated heterocycles. The van der Waals surface area contributed by atoms with Crippen molar-refractivity contribution < 1.29 is 4.79 Å². The fourth-order valence-corrected chi connectivity index (χ4v) is 2.06. The van der Waals surface area contributed by atoms with Gasteiger partial charge in [-0.25, -0.2) is 0 Å². The molecule has 0 atom stereocenters. The summed E-state index contributed by atoms with van der Waals surface area (Å²) in [5, 5.41) is 2.30. The van der Waals surface area contributed by atoms with E-state index in [4.69, 9.17) is 11.6 Å². The van der Waals surface area contributed by atoms with Crippen LogP contribution in [-0.4, -0.2) is 11.7 Å². The van der Waals surface area contributed by atoms with E-state index >= 15 is 0 Å². The Balaban J connectivity index is 2.59. The zero-order valence-electron chi connectivity index (χ0n) is 9.61. The van der Waals surface area contributed by atoms with Crippen LogP contribution in [0.15, 0.2) is 48.0 Å². The molecular formula is C15H13ClO. The summed E-state index contributed by atoms with van der Waals surface area (Å²) in [4.78, 5) is 11.4. The molecule has 0 saturated carbocycles. The second-order valence-electron chi connectivity index (χ2n) is 3.93. The number of rotatable bonds is 3. The van der Waals surface area contributed by atoms with Crippen LogP contribution >= 0.6 is 11.6 Å². The highest BCUT2D eigenvalue weighted by molar-refractivity contribution is 6.23. The van der Waals surface area contributed by atoms with Gasteiger partial charge in [0.05, 0.1) is 5.88 Å². The molecule has 2 aromatic carbocycles. The van der Waals surface area contributed by atoms with Crippen molar-refractivity contribution in [2.75, 3.05) is 5.88 Å². The Morgan fingerprint density at radius 1 is 1.18 bits per heavy atom. The SMILES string of the molecule is CC(=O)/C(=C/c1cccc2ccccc12)CCl. The summed E-state index contributed by atoms with van der Waals surface area (Å²) in [6.07, 6.45) is 1.87. The Bertz CT molecular complexity index is 579. The van der Waals surface area contributed by atoms with E-state index < -0.39 is 0 Å². The van der Waals surface area contributed by atoms with Gasteiger partial charge in [-0.3, -0.25) is 4.79 Å². The van der Waals surface area contributed by atoms with Crippen LogP contribution in [0.25, 0.3) is 16.8 Å². The molecule has 0 aromatic heterocycles. The van der Waals surface area contributed by atoms with Crippen LogP contribution in [0.3, 0.4) is 0 Å². The number of halogens is 1. The number of hydrogen-bond donors (Lipinski definition) is 0. The van der Waals surface area contributed by atoms with E-state index in [9.17, 15) is 4.79 Å². The first-order valence-corrected chi connectivity index (χ1v) is 6.01. The molecule has 1 nitrogen and oxygen atoms in total. The van der Waals surface area contributed by atoms with Gasteiger partial charge in [0.25, 0.3) is 0 Å². The standard InChI is InChI=1S/C15H13ClO/c1-11(17)14(10-16)9-13-7-4-6-12-5-2-3-8-15(12)13/h2-9H,10H2,1H3/b14-9+. The van der Waals surface area contributed by atoms with Crippen molar-refractivity contribution in [2.45, 2.75) is 6.92 Å². The van der Waals surface area contributed by atoms with Gasteiger partial charge in [0.15, 0.2) is 5.78 Å². The molecule has 0 fully saturated rings. The summed E-state index contributed by atoms with van der Waals surface area (Å²) >= 11 is 5.77. The maximum absolute atomic E-state index is 11.4. The summed E-state index contributed by atoms with van der Waals surface area (Å²) in [5.41, 5.74) is 1.68. The van der Waals surface area contributed by atoms with Crippen LogP contribution in [-0.2, 0) is 4.79 Å². The fourth-order valence-electron chi connectivity index (χ4n) is 1.80. The second kappa shape index (κ2) is 5.15. The van der Waals surface area contributed by atoms with Crippen LogP contribution in [0, 0.1) is 0 Å². The zero-order valence-corrected chi connectivity index (χ0v) is 10.4. The van der Waals surface area contributed by atoms with E-state index in [2.05, 4.69) is 12.1 Å². The molecule has 0 N–H and O–H groups in total. The lowest BCUT2D eigenvalue weighted by Gasteiger charge is -2.04. The summed E-state index contributed by atoms with van der Waals surface area (Å²) < 4.78 is 0. The molecule has 0 aliphatic heterocycles. The molecule has 0 unspecified atom stereocenters. The molecule has 0 amide bonds. The number of alkyl halides is 1. The van der Waals surface area contributed by atoms with Gasteiger partial charge < -0.3 is 0 Å². The summed E-state index contributed by atoms with van der Waals surface area (Å²) in [6.45, 7) is 1.54. The number of benzene rings is 2. The molecule has 0 radical (unpaired) electrons. The van der Waals surface area contributed by atoms with Crippen molar-refractivity contribution in [1.82, 2.24) is 0 Å². The van der Waals surface area contributed by atoms with Crippen LogP contribution in [0.1, 0.15) is 12.5 Å². The first-order valence-electron chi connectivity index (χ1n) is 5.47. The molecule has 2 heteroatoms. The Kier molecular flexibility index (Phi) is 3.60. The van der Waals surface area contributed by atoms with Crippen molar-refractivity contribution in [3.63, 3.8) is 0 Å². The van der Waals surface area contributed by atoms with Crippen molar-refractivity contribution in [3.05, 3.63) is 53.6 Å². The lowest BCUT2D eigenvalue weighted by molar-refractivity contribution is -0.113. The average molecular weight is 245 g/mol. The molecule has 0 aliphatic rings. The van der Waals surface area contributed by atoms with Gasteiger partial charge in [0.1, 0.15) is 0 Å². The van der Waals surface area contributed by atoms with Crippen LogP contribution in [0.5, 0.6) is 0 Å². The lowest BCUT2D eigenvalue weighted by atomic mass is 10.0. The number of allylic oxidation sites excluding steroid dienone is 1. The van der Waals surface area contributed by atoms with E-state index in [1.165, 1.54) is 5.39 Å². The summed E-state index contributed by atoms with van der Waals surface area (Å²) in [6, 6.07) is 14.1. The van der Waals surface area contributed by atoms with Crippen LogP contribution < -0.4 is 0 Å². The van der Waals surface area contributed by atoms with Crippen molar-refractivity contribution in [2.24, 2.45) is 0 Å². The van der Waals surface area contributed by atoms with E-state index in [0.29, 0.717) is 5.57 Å². The van der Waals surface area contributed by atoms with Gasteiger partial charge in [-0.15, -0.1) is 11.6 Å². The second-order valence-corrected chi connectivity index (χ2v) is 4.20. The van der Waals surface area contributed by atoms with E-state index in [-0.39, 0.29) is 11.7 Å². The highest BCUT2D eigenvalue weighted by Gasteiger charge is 2.04. The monoisotopic (exact) mass is 244 g/mol. The highest BCUT2D eigenvalue weighted by atomic mass is 35.5. The Labute approximate surface area is 106 Å². The first kappa shape index (κ1) is 11.9. The average Bonchev–Trinajstić information content (AvgIpc) is 2.35. The van der Waals surface area contributed by atoms with Gasteiger partial charge in [-0.2, -0.15) is 0 Å². The Morgan fingerprint density at radius 3 is 2.59 bits per heavy atom. The van der Waals surface area contributed by atoms with Gasteiger partial charge in [-0.1, -0.05) is 42.5 Å². The number of hydrogen-bond acceptors (Lipinski definition) is 1. The van der Waals surface area contributed by atoms with Gasteiger partial charge in [-0.05, 0) is 29.3 Å². The smallest absolute Gasteiger partial charge is 0.157 e. The maximum Gasteiger partial charge on any atom is 0.157 e. The molecule has 2 rings (SSSR count). The normalized spacial score (nSPS) is 11.8. The van der Waals surface area contributed by atoms with E-state index in [1.54, 1.807) is 6.92 Å². The number of ketones is 1. The zero-order chi connectivity index (χ0) is 12.3. The third-order valence-electron chi connectivity index (χ3n) is 2.75.